The fourth-order valence-corrected chi connectivity index (χ4v) is 1.54. The molecule has 0 aliphatic heterocycles. The summed E-state index contributed by atoms with van der Waals surface area (Å²) in [5.74, 6) is -0.356. The molecule has 1 N–H and O–H groups in total. The highest BCUT2D eigenvalue weighted by molar-refractivity contribution is 6.33. The van der Waals surface area contributed by atoms with E-state index in [1.807, 2.05) is 13.0 Å². The van der Waals surface area contributed by atoms with Crippen molar-refractivity contribution in [2.75, 3.05) is 12.4 Å². The number of hydrogen-bond donors (Lipinski definition) is 1. The van der Waals surface area contributed by atoms with Gasteiger partial charge in [-0.25, -0.2) is 4.79 Å². The number of benzene rings is 1. The van der Waals surface area contributed by atoms with E-state index >= 15 is 0 Å². The lowest BCUT2D eigenvalue weighted by molar-refractivity contribution is -0.141. The van der Waals surface area contributed by atoms with E-state index in [0.717, 1.165) is 0 Å². The average molecular weight is 253 g/mol. The van der Waals surface area contributed by atoms with Crippen LogP contribution < -0.4 is 5.32 Å². The van der Waals surface area contributed by atoms with Crippen LogP contribution in [0.15, 0.2) is 18.2 Å². The zero-order valence-corrected chi connectivity index (χ0v) is 10.4. The first-order valence-corrected chi connectivity index (χ1v) is 5.54. The van der Waals surface area contributed by atoms with Gasteiger partial charge in [-0.2, -0.15) is 5.26 Å². The van der Waals surface area contributed by atoms with Crippen LogP contribution in [0.1, 0.15) is 18.9 Å². The predicted octanol–water partition coefficient (Wildman–Crippen LogP) is 2.58. The summed E-state index contributed by atoms with van der Waals surface area (Å²) in [6, 6.07) is 6.39. The van der Waals surface area contributed by atoms with Crippen LogP contribution in [0, 0.1) is 11.3 Å². The highest BCUT2D eigenvalue weighted by atomic mass is 35.5. The fraction of sp³-hybridized carbons (Fsp3) is 0.333. The largest absolute Gasteiger partial charge is 0.467 e. The van der Waals surface area contributed by atoms with Crippen LogP contribution in [0.3, 0.4) is 0 Å². The number of ether oxygens (including phenoxy) is 1. The maximum atomic E-state index is 11.4. The maximum Gasteiger partial charge on any atom is 0.328 e. The zero-order chi connectivity index (χ0) is 12.8. The number of nitriles is 1. The number of anilines is 1. The molecule has 0 aliphatic rings. The number of rotatable bonds is 4. The molecule has 1 unspecified atom stereocenters. The topological polar surface area (TPSA) is 62.1 Å². The Labute approximate surface area is 105 Å². The molecule has 5 heteroatoms. The molecule has 0 aromatic heterocycles. The first-order chi connectivity index (χ1) is 8.12. The molecule has 90 valence electrons. The lowest BCUT2D eigenvalue weighted by Crippen LogP contribution is -2.29. The molecule has 0 saturated heterocycles. The third kappa shape index (κ3) is 3.36. The Kier molecular flexibility index (Phi) is 4.80. The summed E-state index contributed by atoms with van der Waals surface area (Å²) >= 11 is 5.98. The van der Waals surface area contributed by atoms with Gasteiger partial charge in [-0.3, -0.25) is 0 Å². The van der Waals surface area contributed by atoms with Gasteiger partial charge in [-0.1, -0.05) is 18.5 Å². The molecular formula is C12H13ClN2O2. The summed E-state index contributed by atoms with van der Waals surface area (Å²) in [6.07, 6.45) is 0.569. The van der Waals surface area contributed by atoms with Crippen molar-refractivity contribution in [3.8, 4) is 6.07 Å². The second-order valence-corrected chi connectivity index (χ2v) is 3.84. The summed E-state index contributed by atoms with van der Waals surface area (Å²) in [6.45, 7) is 1.86. The molecule has 0 amide bonds. The highest BCUT2D eigenvalue weighted by Crippen LogP contribution is 2.24. The third-order valence-electron chi connectivity index (χ3n) is 2.32. The molecule has 0 radical (unpaired) electrons. The van der Waals surface area contributed by atoms with Gasteiger partial charge < -0.3 is 10.1 Å². The van der Waals surface area contributed by atoms with E-state index in [1.165, 1.54) is 7.11 Å². The van der Waals surface area contributed by atoms with Crippen LogP contribution in [0.5, 0.6) is 0 Å². The number of methoxy groups -OCH3 is 1. The number of carbonyl (C=O) groups excluding carboxylic acids is 1. The summed E-state index contributed by atoms with van der Waals surface area (Å²) in [5.41, 5.74) is 1.04. The van der Waals surface area contributed by atoms with Gasteiger partial charge in [0.1, 0.15) is 6.04 Å². The molecule has 0 saturated carbocycles. The molecule has 1 rings (SSSR count). The second-order valence-electron chi connectivity index (χ2n) is 3.43. The predicted molar refractivity (Wildman–Crippen MR) is 65.9 cm³/mol. The van der Waals surface area contributed by atoms with Crippen LogP contribution in [-0.2, 0) is 9.53 Å². The van der Waals surface area contributed by atoms with E-state index in [1.54, 1.807) is 18.2 Å². The number of esters is 1. The number of nitrogens with one attached hydrogen (secondary N) is 1. The van der Waals surface area contributed by atoms with Gasteiger partial charge in [0, 0.05) is 0 Å². The van der Waals surface area contributed by atoms with Crippen molar-refractivity contribution >= 4 is 23.3 Å². The average Bonchev–Trinajstić information content (AvgIpc) is 2.36. The van der Waals surface area contributed by atoms with Gasteiger partial charge in [0.25, 0.3) is 0 Å². The van der Waals surface area contributed by atoms with Crippen molar-refractivity contribution in [3.05, 3.63) is 28.8 Å². The lowest BCUT2D eigenvalue weighted by atomic mass is 10.1. The van der Waals surface area contributed by atoms with Crippen molar-refractivity contribution in [2.24, 2.45) is 0 Å². The molecule has 1 aromatic carbocycles. The molecule has 0 fully saturated rings. The van der Waals surface area contributed by atoms with Crippen LogP contribution in [0.2, 0.25) is 5.02 Å². The molecule has 0 heterocycles. The molecule has 0 aliphatic carbocycles. The summed E-state index contributed by atoms with van der Waals surface area (Å²) in [5, 5.41) is 12.2. The van der Waals surface area contributed by atoms with Crippen LogP contribution >= 0.6 is 11.6 Å². The minimum Gasteiger partial charge on any atom is -0.467 e. The Hall–Kier alpha value is -1.73. The maximum absolute atomic E-state index is 11.4. The van der Waals surface area contributed by atoms with Gasteiger partial charge >= 0.3 is 5.97 Å². The Morgan fingerprint density at radius 3 is 2.88 bits per heavy atom. The number of carbonyl (C=O) groups is 1. The number of nitrogens with zero attached hydrogens (tertiary/aromatic N) is 1. The standard InChI is InChI=1S/C12H13ClN2O2/c1-3-10(12(16)17-2)15-11-6-8(7-14)4-5-9(11)13/h4-6,10,15H,3H2,1-2H3. The van der Waals surface area contributed by atoms with E-state index in [2.05, 4.69) is 10.1 Å². The lowest BCUT2D eigenvalue weighted by Gasteiger charge is -2.16. The SMILES string of the molecule is CCC(Nc1cc(C#N)ccc1Cl)C(=O)OC. The monoisotopic (exact) mass is 252 g/mol. The summed E-state index contributed by atoms with van der Waals surface area (Å²) in [7, 11) is 1.33. The first-order valence-electron chi connectivity index (χ1n) is 5.16. The minimum absolute atomic E-state index is 0.356. The van der Waals surface area contributed by atoms with Gasteiger partial charge in [-0.15, -0.1) is 0 Å². The van der Waals surface area contributed by atoms with E-state index < -0.39 is 6.04 Å². The summed E-state index contributed by atoms with van der Waals surface area (Å²) in [4.78, 5) is 11.4. The van der Waals surface area contributed by atoms with E-state index in [-0.39, 0.29) is 5.97 Å². The quantitative estimate of drug-likeness (QED) is 0.837. The van der Waals surface area contributed by atoms with E-state index in [4.69, 9.17) is 16.9 Å². The van der Waals surface area contributed by atoms with Crippen LogP contribution in [0.25, 0.3) is 0 Å². The Balaban J connectivity index is 2.93. The van der Waals surface area contributed by atoms with Gasteiger partial charge in [0.15, 0.2) is 0 Å². The first kappa shape index (κ1) is 13.3. The normalized spacial score (nSPS) is 11.4. The molecule has 4 nitrogen and oxygen atoms in total. The van der Waals surface area contributed by atoms with Gasteiger partial charge in [0.2, 0.25) is 0 Å². The van der Waals surface area contributed by atoms with Gasteiger partial charge in [0.05, 0.1) is 29.5 Å². The molecule has 17 heavy (non-hydrogen) atoms. The highest BCUT2D eigenvalue weighted by Gasteiger charge is 2.17. The van der Waals surface area contributed by atoms with Gasteiger partial charge in [-0.05, 0) is 24.6 Å². The van der Waals surface area contributed by atoms with Crippen molar-refractivity contribution in [2.45, 2.75) is 19.4 Å². The molecule has 1 aromatic rings. The Morgan fingerprint density at radius 1 is 1.65 bits per heavy atom. The second kappa shape index (κ2) is 6.12. The van der Waals surface area contributed by atoms with Crippen LogP contribution in [0.4, 0.5) is 5.69 Å². The molecule has 1 atom stereocenters. The molecule has 0 spiro atoms. The summed E-state index contributed by atoms with van der Waals surface area (Å²) < 4.78 is 4.66. The smallest absolute Gasteiger partial charge is 0.328 e. The van der Waals surface area contributed by atoms with Crippen molar-refractivity contribution in [1.29, 1.82) is 5.26 Å². The molecule has 0 bridgehead atoms. The van der Waals surface area contributed by atoms with Crippen molar-refractivity contribution in [3.63, 3.8) is 0 Å². The zero-order valence-electron chi connectivity index (χ0n) is 9.66. The van der Waals surface area contributed by atoms with Crippen molar-refractivity contribution < 1.29 is 9.53 Å². The Morgan fingerprint density at radius 2 is 2.35 bits per heavy atom. The minimum atomic E-state index is -0.466. The fourth-order valence-electron chi connectivity index (χ4n) is 1.36. The van der Waals surface area contributed by atoms with Crippen LogP contribution in [-0.4, -0.2) is 19.1 Å². The van der Waals surface area contributed by atoms with E-state index in [0.29, 0.717) is 22.7 Å². The molecular weight excluding hydrogens is 240 g/mol. The third-order valence-corrected chi connectivity index (χ3v) is 2.65. The number of halogens is 1. The van der Waals surface area contributed by atoms with E-state index in [9.17, 15) is 4.79 Å². The number of hydrogen-bond acceptors (Lipinski definition) is 4. The van der Waals surface area contributed by atoms with Crippen molar-refractivity contribution in [1.82, 2.24) is 0 Å². The Bertz CT molecular complexity index is 454.